The van der Waals surface area contributed by atoms with E-state index in [9.17, 15) is 4.79 Å². The van der Waals surface area contributed by atoms with E-state index in [4.69, 9.17) is 4.74 Å². The Kier molecular flexibility index (Phi) is 4.60. The third-order valence-corrected chi connectivity index (χ3v) is 5.99. The van der Waals surface area contributed by atoms with Gasteiger partial charge in [0.1, 0.15) is 5.54 Å². The maximum atomic E-state index is 12.8. The zero-order valence-corrected chi connectivity index (χ0v) is 16.4. The lowest BCUT2D eigenvalue weighted by atomic mass is 9.89. The smallest absolute Gasteiger partial charge is 0.252 e. The molecule has 1 amide bonds. The molecular weight excluding hydrogens is 342 g/mol. The molecule has 4 rings (SSSR count). The van der Waals surface area contributed by atoms with E-state index in [1.54, 1.807) is 0 Å². The van der Waals surface area contributed by atoms with Crippen LogP contribution in [0.5, 0.6) is 0 Å². The van der Waals surface area contributed by atoms with Crippen molar-refractivity contribution in [3.05, 3.63) is 41.9 Å². The summed E-state index contributed by atoms with van der Waals surface area (Å²) >= 11 is 0. The lowest BCUT2D eigenvalue weighted by Crippen LogP contribution is -2.54. The van der Waals surface area contributed by atoms with Crippen LogP contribution in [-0.2, 0) is 28.2 Å². The number of rotatable bonds is 4. The van der Waals surface area contributed by atoms with Gasteiger partial charge in [-0.2, -0.15) is 5.10 Å². The van der Waals surface area contributed by atoms with Crippen molar-refractivity contribution in [2.45, 2.75) is 57.8 Å². The first-order valence-corrected chi connectivity index (χ1v) is 9.65. The Bertz CT molecular complexity index is 781. The van der Waals surface area contributed by atoms with Crippen molar-refractivity contribution < 1.29 is 9.53 Å². The van der Waals surface area contributed by atoms with Gasteiger partial charge in [0.2, 0.25) is 0 Å². The van der Waals surface area contributed by atoms with Gasteiger partial charge in [0.05, 0.1) is 38.2 Å². The van der Waals surface area contributed by atoms with Gasteiger partial charge in [0.15, 0.2) is 0 Å². The molecule has 0 bridgehead atoms. The van der Waals surface area contributed by atoms with Crippen LogP contribution in [0.15, 0.2) is 24.5 Å². The number of hydrazine groups is 1. The summed E-state index contributed by atoms with van der Waals surface area (Å²) in [5.41, 5.74) is 4.57. The Balaban J connectivity index is 1.53. The van der Waals surface area contributed by atoms with Crippen LogP contribution in [0.3, 0.4) is 0 Å². The van der Waals surface area contributed by atoms with E-state index in [1.165, 1.54) is 0 Å². The van der Waals surface area contributed by atoms with Crippen molar-refractivity contribution in [2.24, 2.45) is 0 Å². The molecule has 1 fully saturated rings. The minimum Gasteiger partial charge on any atom is -0.373 e. The van der Waals surface area contributed by atoms with Gasteiger partial charge in [-0.25, -0.2) is 0 Å². The van der Waals surface area contributed by atoms with Crippen molar-refractivity contribution in [3.63, 3.8) is 0 Å². The lowest BCUT2D eigenvalue weighted by Gasteiger charge is -2.40. The number of hydrogen-bond donors (Lipinski definition) is 1. The number of likely N-dealkylation sites (tertiary alicyclic amines) is 1. The number of amides is 1. The third-order valence-electron chi connectivity index (χ3n) is 5.99. The number of nitrogens with zero attached hydrogens (tertiary/aromatic N) is 4. The SMILES string of the molecule is CC1(C)CCCN1CC(=O)NN1C=CC=[C]C1(C)c1cnn2c1COCC2. The van der Waals surface area contributed by atoms with Crippen molar-refractivity contribution in [1.29, 1.82) is 0 Å². The van der Waals surface area contributed by atoms with Crippen molar-refractivity contribution >= 4 is 5.91 Å². The molecule has 27 heavy (non-hydrogen) atoms. The highest BCUT2D eigenvalue weighted by atomic mass is 16.5. The number of ether oxygens (including phenoxy) is 1. The van der Waals surface area contributed by atoms with Crippen molar-refractivity contribution in [3.8, 4) is 0 Å². The number of fused-ring (bicyclic) bond motifs is 1. The molecule has 7 nitrogen and oxygen atoms in total. The Morgan fingerprint density at radius 2 is 2.22 bits per heavy atom. The summed E-state index contributed by atoms with van der Waals surface area (Å²) in [6, 6.07) is 0. The highest BCUT2D eigenvalue weighted by molar-refractivity contribution is 5.78. The summed E-state index contributed by atoms with van der Waals surface area (Å²) in [7, 11) is 0. The van der Waals surface area contributed by atoms with Gasteiger partial charge in [-0.3, -0.25) is 24.8 Å². The standard InChI is InChI=1S/C20H28N5O2/c1-19(2)7-6-9-23(19)14-18(26)22-25-10-5-4-8-20(25,3)16-13-21-24-11-12-27-15-17(16)24/h4-5,10,13H,6-7,9,11-12,14-15H2,1-3H3,(H,22,26). The zero-order valence-electron chi connectivity index (χ0n) is 16.4. The van der Waals surface area contributed by atoms with Crippen molar-refractivity contribution in [2.75, 3.05) is 19.7 Å². The molecular formula is C20H28N5O2. The highest BCUT2D eigenvalue weighted by Crippen LogP contribution is 2.34. The molecule has 1 saturated heterocycles. The summed E-state index contributed by atoms with van der Waals surface area (Å²) < 4.78 is 7.61. The topological polar surface area (TPSA) is 62.6 Å². The number of hydrogen-bond acceptors (Lipinski definition) is 5. The fourth-order valence-electron chi connectivity index (χ4n) is 4.20. The average molecular weight is 370 g/mol. The van der Waals surface area contributed by atoms with E-state index in [1.807, 2.05) is 41.2 Å². The van der Waals surface area contributed by atoms with Crippen LogP contribution < -0.4 is 5.43 Å². The second-order valence-corrected chi connectivity index (χ2v) is 8.25. The molecule has 0 saturated carbocycles. The summed E-state index contributed by atoms with van der Waals surface area (Å²) in [5.74, 6) is -0.0122. The second kappa shape index (κ2) is 6.80. The van der Waals surface area contributed by atoms with E-state index >= 15 is 0 Å². The Labute approximate surface area is 160 Å². The van der Waals surface area contributed by atoms with E-state index in [2.05, 4.69) is 35.3 Å². The van der Waals surface area contributed by atoms with Crippen LogP contribution in [-0.4, -0.2) is 50.8 Å². The predicted octanol–water partition coefficient (Wildman–Crippen LogP) is 1.72. The van der Waals surface area contributed by atoms with Crippen LogP contribution in [0.2, 0.25) is 0 Å². The number of allylic oxidation sites excluding steroid dienone is 2. The van der Waals surface area contributed by atoms with Crippen LogP contribution in [0, 0.1) is 6.08 Å². The average Bonchev–Trinajstić information content (AvgIpc) is 3.21. The molecule has 1 N–H and O–H groups in total. The van der Waals surface area contributed by atoms with Gasteiger partial charge < -0.3 is 4.74 Å². The molecule has 3 aliphatic heterocycles. The maximum absolute atomic E-state index is 12.8. The summed E-state index contributed by atoms with van der Waals surface area (Å²) in [6.45, 7) is 9.76. The number of carbonyl (C=O) groups is 1. The van der Waals surface area contributed by atoms with Gasteiger partial charge in [-0.15, -0.1) is 0 Å². The van der Waals surface area contributed by atoms with Crippen LogP contribution >= 0.6 is 0 Å². The van der Waals surface area contributed by atoms with Gasteiger partial charge >= 0.3 is 0 Å². The molecule has 1 atom stereocenters. The van der Waals surface area contributed by atoms with E-state index < -0.39 is 5.54 Å². The molecule has 1 aromatic rings. The Morgan fingerprint density at radius 3 is 3.00 bits per heavy atom. The summed E-state index contributed by atoms with van der Waals surface area (Å²) in [6.07, 6.45) is 13.2. The monoisotopic (exact) mass is 370 g/mol. The fourth-order valence-corrected chi connectivity index (χ4v) is 4.20. The number of nitrogens with one attached hydrogen (secondary N) is 1. The predicted molar refractivity (Wildman–Crippen MR) is 101 cm³/mol. The third kappa shape index (κ3) is 3.30. The number of aromatic nitrogens is 2. The van der Waals surface area contributed by atoms with Gasteiger partial charge in [-0.1, -0.05) is 6.08 Å². The molecule has 0 aliphatic carbocycles. The fraction of sp³-hybridized carbons (Fsp3) is 0.600. The minimum absolute atomic E-state index is 0.0122. The number of carbonyl (C=O) groups excluding carboxylic acids is 1. The quantitative estimate of drug-likeness (QED) is 0.874. The molecule has 1 radical (unpaired) electrons. The van der Waals surface area contributed by atoms with Crippen LogP contribution in [0.4, 0.5) is 0 Å². The Hall–Kier alpha value is -2.12. The zero-order chi connectivity index (χ0) is 19.1. The minimum atomic E-state index is -0.626. The highest BCUT2D eigenvalue weighted by Gasteiger charge is 2.38. The molecule has 7 heteroatoms. The van der Waals surface area contributed by atoms with E-state index in [0.29, 0.717) is 19.8 Å². The van der Waals surface area contributed by atoms with Crippen LogP contribution in [0.1, 0.15) is 44.9 Å². The lowest BCUT2D eigenvalue weighted by molar-refractivity contribution is -0.128. The van der Waals surface area contributed by atoms with Crippen LogP contribution in [0.25, 0.3) is 0 Å². The van der Waals surface area contributed by atoms with Crippen molar-refractivity contribution in [1.82, 2.24) is 25.1 Å². The molecule has 1 unspecified atom stereocenters. The first-order chi connectivity index (χ1) is 12.9. The maximum Gasteiger partial charge on any atom is 0.252 e. The molecule has 3 aliphatic rings. The second-order valence-electron chi connectivity index (χ2n) is 8.25. The first kappa shape index (κ1) is 18.3. The summed E-state index contributed by atoms with van der Waals surface area (Å²) in [4.78, 5) is 15.0. The molecule has 0 aromatic carbocycles. The van der Waals surface area contributed by atoms with Gasteiger partial charge in [-0.05, 0) is 52.3 Å². The van der Waals surface area contributed by atoms with E-state index in [0.717, 1.165) is 37.2 Å². The molecule has 0 spiro atoms. The van der Waals surface area contributed by atoms with E-state index in [-0.39, 0.29) is 11.4 Å². The Morgan fingerprint density at radius 1 is 1.37 bits per heavy atom. The largest absolute Gasteiger partial charge is 0.373 e. The molecule has 1 aromatic heterocycles. The molecule has 4 heterocycles. The molecule has 145 valence electrons. The van der Waals surface area contributed by atoms with Gasteiger partial charge in [0, 0.05) is 17.3 Å². The van der Waals surface area contributed by atoms with Gasteiger partial charge in [0.25, 0.3) is 5.91 Å². The summed E-state index contributed by atoms with van der Waals surface area (Å²) in [5, 5.41) is 6.34. The normalized spacial score (nSPS) is 27.0. The first-order valence-electron chi connectivity index (χ1n) is 9.65.